The number of fused-ring (bicyclic) bond motifs is 1. The maximum absolute atomic E-state index is 13.9. The molecule has 2 aromatic carbocycles. The van der Waals surface area contributed by atoms with E-state index in [-0.39, 0.29) is 22.9 Å². The van der Waals surface area contributed by atoms with Crippen molar-refractivity contribution < 1.29 is 9.16 Å². The quantitative estimate of drug-likeness (QED) is 0.156. The van der Waals surface area contributed by atoms with Gasteiger partial charge < -0.3 is 13.7 Å². The van der Waals surface area contributed by atoms with Crippen molar-refractivity contribution in [3.8, 4) is 22.4 Å². The molecule has 2 unspecified atom stereocenters. The summed E-state index contributed by atoms with van der Waals surface area (Å²) < 4.78 is 16.6. The number of nitrogens with zero attached hydrogens (tertiary/aromatic N) is 4. The predicted molar refractivity (Wildman–Crippen MR) is 189 cm³/mol. The number of hydrogen-bond donors (Lipinski definition) is 0. The van der Waals surface area contributed by atoms with Crippen molar-refractivity contribution >= 4 is 30.8 Å². The number of rotatable bonds is 8. The number of benzene rings is 2. The lowest BCUT2D eigenvalue weighted by atomic mass is 10.0. The summed E-state index contributed by atoms with van der Waals surface area (Å²) in [5.41, 5.74) is 6.47. The van der Waals surface area contributed by atoms with Gasteiger partial charge in [-0.1, -0.05) is 50.6 Å². The number of ether oxygens (including phenoxy) is 1. The molecule has 2 atom stereocenters. The topological polar surface area (TPSA) is 71.2 Å². The van der Waals surface area contributed by atoms with Gasteiger partial charge in [-0.05, 0) is 103 Å². The molecule has 0 bridgehead atoms. The Labute approximate surface area is 277 Å². The summed E-state index contributed by atoms with van der Waals surface area (Å²) in [7, 11) is -2.07. The average molecular weight is 655 g/mol. The zero-order valence-electron chi connectivity index (χ0n) is 27.6. The van der Waals surface area contributed by atoms with Crippen molar-refractivity contribution in [3.63, 3.8) is 0 Å². The van der Waals surface area contributed by atoms with Gasteiger partial charge in [0.05, 0.1) is 18.2 Å². The fraction of sp³-hybridized carbons (Fsp3) is 0.378. The van der Waals surface area contributed by atoms with Crippen LogP contribution in [-0.2, 0) is 9.16 Å². The molecule has 0 aliphatic carbocycles. The van der Waals surface area contributed by atoms with E-state index in [4.69, 9.17) is 25.9 Å². The van der Waals surface area contributed by atoms with Gasteiger partial charge in [-0.3, -0.25) is 9.78 Å². The monoisotopic (exact) mass is 654 g/mol. The van der Waals surface area contributed by atoms with Crippen LogP contribution >= 0.6 is 11.6 Å². The standard InChI is InChI=1S/C37H43ClN4O3Si/c1-25-20-29(15-17-39-25)36-31-22-26(13-14-32(31)42(40-36)35-12-7-8-19-44-35)27-16-18-41(34(43)23-27)33(28-10-9-11-30(38)21-28)24-45-46(5,6)37(2,3)4/h9-11,13-18,20-23,33,35H,7-8,12,19,24H2,1-6H3. The molecule has 46 heavy (non-hydrogen) atoms. The molecule has 4 heterocycles. The summed E-state index contributed by atoms with van der Waals surface area (Å²) in [4.78, 5) is 18.3. The zero-order valence-corrected chi connectivity index (χ0v) is 29.3. The van der Waals surface area contributed by atoms with E-state index in [0.717, 1.165) is 70.4 Å². The lowest BCUT2D eigenvalue weighted by molar-refractivity contribution is -0.0365. The number of hydrogen-bond acceptors (Lipinski definition) is 5. The summed E-state index contributed by atoms with van der Waals surface area (Å²) in [5.74, 6) is 0. The van der Waals surface area contributed by atoms with Gasteiger partial charge in [0.15, 0.2) is 14.5 Å². The molecule has 1 fully saturated rings. The number of aromatic nitrogens is 4. The first kappa shape index (κ1) is 32.4. The second-order valence-electron chi connectivity index (χ2n) is 13.8. The van der Waals surface area contributed by atoms with Crippen molar-refractivity contribution in [1.29, 1.82) is 0 Å². The molecular formula is C37H43ClN4O3Si. The third kappa shape index (κ3) is 6.62. The first-order chi connectivity index (χ1) is 21.9. The van der Waals surface area contributed by atoms with Crippen molar-refractivity contribution in [1.82, 2.24) is 19.3 Å². The Morgan fingerprint density at radius 3 is 2.52 bits per heavy atom. The Morgan fingerprint density at radius 2 is 1.83 bits per heavy atom. The molecule has 6 rings (SSSR count). The van der Waals surface area contributed by atoms with Gasteiger partial charge in [0, 0.05) is 46.7 Å². The summed E-state index contributed by atoms with van der Waals surface area (Å²) in [5, 5.41) is 6.78. The molecule has 7 nitrogen and oxygen atoms in total. The molecule has 0 amide bonds. The smallest absolute Gasteiger partial charge is 0.251 e. The highest BCUT2D eigenvalue weighted by Gasteiger charge is 2.38. The normalized spacial score (nSPS) is 16.5. The van der Waals surface area contributed by atoms with Crippen LogP contribution in [0.3, 0.4) is 0 Å². The first-order valence-electron chi connectivity index (χ1n) is 16.1. The number of pyridine rings is 2. The molecule has 0 N–H and O–H groups in total. The van der Waals surface area contributed by atoms with Crippen LogP contribution in [0.1, 0.15) is 63.6 Å². The Morgan fingerprint density at radius 1 is 1.02 bits per heavy atom. The van der Waals surface area contributed by atoms with E-state index in [1.165, 1.54) is 0 Å². The molecule has 5 aromatic rings. The Bertz CT molecular complexity index is 1920. The Hall–Kier alpha value is -3.56. The van der Waals surface area contributed by atoms with E-state index in [1.54, 1.807) is 10.6 Å². The maximum atomic E-state index is 13.9. The predicted octanol–water partition coefficient (Wildman–Crippen LogP) is 9.20. The summed E-state index contributed by atoms with van der Waals surface area (Å²) in [6, 6.07) is 21.5. The van der Waals surface area contributed by atoms with E-state index in [0.29, 0.717) is 11.6 Å². The highest BCUT2D eigenvalue weighted by atomic mass is 35.5. The van der Waals surface area contributed by atoms with Crippen LogP contribution in [0.15, 0.2) is 83.9 Å². The zero-order chi connectivity index (χ0) is 32.6. The second kappa shape index (κ2) is 12.9. The van der Waals surface area contributed by atoms with Crippen LogP contribution < -0.4 is 5.56 Å². The van der Waals surface area contributed by atoms with Gasteiger partial charge in [0.1, 0.15) is 5.69 Å². The van der Waals surface area contributed by atoms with Crippen molar-refractivity contribution in [2.45, 2.75) is 77.4 Å². The first-order valence-corrected chi connectivity index (χ1v) is 19.4. The van der Waals surface area contributed by atoms with E-state index in [2.05, 4.69) is 63.1 Å². The van der Waals surface area contributed by atoms with Crippen LogP contribution in [0, 0.1) is 6.92 Å². The molecule has 0 saturated carbocycles. The maximum Gasteiger partial charge on any atom is 0.251 e. The average Bonchev–Trinajstić information content (AvgIpc) is 3.41. The van der Waals surface area contributed by atoms with Crippen LogP contribution in [-0.4, -0.2) is 40.9 Å². The molecule has 0 radical (unpaired) electrons. The van der Waals surface area contributed by atoms with Gasteiger partial charge in [-0.25, -0.2) is 4.68 Å². The Balaban J connectivity index is 1.40. The molecule has 0 spiro atoms. The fourth-order valence-electron chi connectivity index (χ4n) is 5.84. The van der Waals surface area contributed by atoms with Crippen molar-refractivity contribution in [2.24, 2.45) is 0 Å². The third-order valence-corrected chi connectivity index (χ3v) is 14.3. The molecular weight excluding hydrogens is 612 g/mol. The van der Waals surface area contributed by atoms with Crippen LogP contribution in [0.5, 0.6) is 0 Å². The Kier molecular flexibility index (Phi) is 9.09. The molecule has 240 valence electrons. The van der Waals surface area contributed by atoms with Gasteiger partial charge in [0.25, 0.3) is 5.56 Å². The van der Waals surface area contributed by atoms with Crippen LogP contribution in [0.4, 0.5) is 0 Å². The third-order valence-electron chi connectivity index (χ3n) is 9.56. The van der Waals surface area contributed by atoms with Crippen LogP contribution in [0.2, 0.25) is 23.2 Å². The number of halogens is 1. The minimum atomic E-state index is -2.07. The van der Waals surface area contributed by atoms with E-state index < -0.39 is 8.32 Å². The molecule has 1 aliphatic heterocycles. The summed E-state index contributed by atoms with van der Waals surface area (Å²) in [6.45, 7) is 14.2. The highest BCUT2D eigenvalue weighted by Crippen LogP contribution is 2.38. The molecule has 1 aliphatic rings. The lowest BCUT2D eigenvalue weighted by Gasteiger charge is -2.37. The minimum absolute atomic E-state index is 0.0457. The van der Waals surface area contributed by atoms with Gasteiger partial charge >= 0.3 is 0 Å². The summed E-state index contributed by atoms with van der Waals surface area (Å²) >= 11 is 6.41. The largest absolute Gasteiger partial charge is 0.414 e. The summed E-state index contributed by atoms with van der Waals surface area (Å²) in [6.07, 6.45) is 6.72. The molecule has 3 aromatic heterocycles. The second-order valence-corrected chi connectivity index (χ2v) is 19.1. The van der Waals surface area contributed by atoms with E-state index in [9.17, 15) is 4.79 Å². The lowest BCUT2D eigenvalue weighted by Crippen LogP contribution is -2.43. The van der Waals surface area contributed by atoms with Gasteiger partial charge in [0.2, 0.25) is 0 Å². The van der Waals surface area contributed by atoms with Gasteiger partial charge in [-0.2, -0.15) is 5.10 Å². The van der Waals surface area contributed by atoms with Crippen molar-refractivity contribution in [3.05, 3.63) is 106 Å². The fourth-order valence-corrected chi connectivity index (χ4v) is 7.05. The molecule has 9 heteroatoms. The van der Waals surface area contributed by atoms with E-state index >= 15 is 0 Å². The van der Waals surface area contributed by atoms with Crippen LogP contribution in [0.25, 0.3) is 33.3 Å². The highest BCUT2D eigenvalue weighted by molar-refractivity contribution is 6.74. The van der Waals surface area contributed by atoms with Crippen molar-refractivity contribution in [2.75, 3.05) is 13.2 Å². The van der Waals surface area contributed by atoms with E-state index in [1.807, 2.05) is 60.4 Å². The molecule has 1 saturated heterocycles. The van der Waals surface area contributed by atoms with Gasteiger partial charge in [-0.15, -0.1) is 0 Å². The minimum Gasteiger partial charge on any atom is -0.414 e. The SMILES string of the molecule is Cc1cc(-c2nn(C3CCCCO3)c3ccc(-c4ccn(C(CO[Si](C)(C)C(C)(C)C)c5cccc(Cl)c5)c(=O)c4)cc23)ccn1. The number of aryl methyl sites for hydroxylation is 1.